The first kappa shape index (κ1) is 22.7. The van der Waals surface area contributed by atoms with Gasteiger partial charge in [0.05, 0.1) is 6.20 Å². The van der Waals surface area contributed by atoms with Crippen molar-refractivity contribution >= 4 is 11.8 Å². The van der Waals surface area contributed by atoms with Crippen molar-refractivity contribution in [2.45, 2.75) is 43.7 Å². The first-order valence-electron chi connectivity index (χ1n) is 12.4. The van der Waals surface area contributed by atoms with Crippen LogP contribution in [0.3, 0.4) is 0 Å². The molecule has 0 amide bonds. The lowest BCUT2D eigenvalue weighted by molar-refractivity contribution is 0.352. The summed E-state index contributed by atoms with van der Waals surface area (Å²) in [7, 11) is 4.06. The molecule has 1 aromatic carbocycles. The number of nitrogens with one attached hydrogen (secondary N) is 1. The molecule has 1 unspecified atom stereocenters. The van der Waals surface area contributed by atoms with Crippen molar-refractivity contribution in [3.63, 3.8) is 0 Å². The molecule has 1 saturated heterocycles. The Kier molecular flexibility index (Phi) is 6.41. The molecule has 5 rings (SSSR count). The molecule has 8 nitrogen and oxygen atoms in total. The molecular weight excluding hydrogens is 424 g/mol. The molecule has 3 N–H and O–H groups in total. The highest BCUT2D eigenvalue weighted by Gasteiger charge is 2.33. The lowest BCUT2D eigenvalue weighted by atomic mass is 9.83. The number of hydrogen-bond acceptors (Lipinski definition) is 8. The third-order valence-corrected chi connectivity index (χ3v) is 7.27. The van der Waals surface area contributed by atoms with Gasteiger partial charge in [-0.1, -0.05) is 43.5 Å². The van der Waals surface area contributed by atoms with Gasteiger partial charge in [0.1, 0.15) is 11.6 Å². The SMILES string of the molecule is CN(C)C1=CC(N)(c2ccc(C3CCCCC3)cc2)N=C(N2CCN(c3cnccn3)CC2)N1. The summed E-state index contributed by atoms with van der Waals surface area (Å²) in [5.41, 5.74) is 8.51. The zero-order valence-corrected chi connectivity index (χ0v) is 20.3. The van der Waals surface area contributed by atoms with Gasteiger partial charge in [-0.05, 0) is 29.9 Å². The van der Waals surface area contributed by atoms with Crippen LogP contribution in [0, 0.1) is 0 Å². The minimum atomic E-state index is -0.909. The molecule has 3 aliphatic rings. The lowest BCUT2D eigenvalue weighted by Gasteiger charge is -2.40. The smallest absolute Gasteiger partial charge is 0.202 e. The number of nitrogens with zero attached hydrogens (tertiary/aromatic N) is 6. The highest BCUT2D eigenvalue weighted by Crippen LogP contribution is 2.34. The number of guanidine groups is 1. The van der Waals surface area contributed by atoms with E-state index >= 15 is 0 Å². The van der Waals surface area contributed by atoms with Crippen LogP contribution >= 0.6 is 0 Å². The number of hydrogen-bond donors (Lipinski definition) is 2. The number of benzene rings is 1. The van der Waals surface area contributed by atoms with Crippen molar-refractivity contribution in [2.75, 3.05) is 45.2 Å². The van der Waals surface area contributed by atoms with E-state index in [1.54, 1.807) is 12.4 Å². The van der Waals surface area contributed by atoms with Crippen molar-refractivity contribution in [3.8, 4) is 0 Å². The molecule has 2 fully saturated rings. The molecule has 1 aliphatic carbocycles. The van der Waals surface area contributed by atoms with Gasteiger partial charge in [-0.3, -0.25) is 10.7 Å². The topological polar surface area (TPSA) is 85.9 Å². The normalized spacial score (nSPS) is 23.7. The van der Waals surface area contributed by atoms with Crippen LogP contribution in [0.1, 0.15) is 49.1 Å². The third-order valence-electron chi connectivity index (χ3n) is 7.27. The van der Waals surface area contributed by atoms with E-state index in [0.717, 1.165) is 49.3 Å². The molecule has 3 heterocycles. The second-order valence-electron chi connectivity index (χ2n) is 9.80. The Labute approximate surface area is 202 Å². The van der Waals surface area contributed by atoms with Crippen LogP contribution < -0.4 is 16.0 Å². The number of nitrogens with two attached hydrogens (primary N) is 1. The van der Waals surface area contributed by atoms with E-state index in [4.69, 9.17) is 10.7 Å². The molecule has 1 atom stereocenters. The highest BCUT2D eigenvalue weighted by molar-refractivity contribution is 5.83. The van der Waals surface area contributed by atoms with Crippen molar-refractivity contribution in [3.05, 3.63) is 65.9 Å². The quantitative estimate of drug-likeness (QED) is 0.726. The molecule has 8 heteroatoms. The van der Waals surface area contributed by atoms with Gasteiger partial charge < -0.3 is 20.0 Å². The largest absolute Gasteiger partial charge is 0.364 e. The second-order valence-corrected chi connectivity index (χ2v) is 9.80. The summed E-state index contributed by atoms with van der Waals surface area (Å²) in [6, 6.07) is 8.87. The average molecular weight is 461 g/mol. The van der Waals surface area contributed by atoms with Gasteiger partial charge in [0.2, 0.25) is 5.96 Å². The van der Waals surface area contributed by atoms with E-state index in [1.807, 2.05) is 26.4 Å². The summed E-state index contributed by atoms with van der Waals surface area (Å²) >= 11 is 0. The molecular formula is C26H36N8. The van der Waals surface area contributed by atoms with Gasteiger partial charge in [0, 0.05) is 58.7 Å². The van der Waals surface area contributed by atoms with E-state index in [9.17, 15) is 0 Å². The van der Waals surface area contributed by atoms with E-state index in [0.29, 0.717) is 5.92 Å². The van der Waals surface area contributed by atoms with Crippen LogP contribution in [0.5, 0.6) is 0 Å². The number of aliphatic imine (C=N–C) groups is 1. The number of anilines is 1. The first-order chi connectivity index (χ1) is 16.5. The summed E-state index contributed by atoms with van der Waals surface area (Å²) in [5.74, 6) is 3.38. The molecule has 1 saturated carbocycles. The zero-order chi connectivity index (χ0) is 23.5. The monoisotopic (exact) mass is 460 g/mol. The van der Waals surface area contributed by atoms with Crippen molar-refractivity contribution in [1.29, 1.82) is 0 Å². The summed E-state index contributed by atoms with van der Waals surface area (Å²) in [5, 5.41) is 3.50. The average Bonchev–Trinajstić information content (AvgIpc) is 2.89. The van der Waals surface area contributed by atoms with Crippen LogP contribution in [-0.4, -0.2) is 66.0 Å². The van der Waals surface area contributed by atoms with Crippen molar-refractivity contribution in [2.24, 2.45) is 10.7 Å². The minimum Gasteiger partial charge on any atom is -0.364 e. The highest BCUT2D eigenvalue weighted by atomic mass is 15.4. The van der Waals surface area contributed by atoms with Crippen LogP contribution in [-0.2, 0) is 5.66 Å². The Balaban J connectivity index is 1.35. The maximum Gasteiger partial charge on any atom is 0.202 e. The van der Waals surface area contributed by atoms with Crippen LogP contribution in [0.2, 0.25) is 0 Å². The van der Waals surface area contributed by atoms with Crippen molar-refractivity contribution in [1.82, 2.24) is 25.1 Å². The van der Waals surface area contributed by atoms with Gasteiger partial charge >= 0.3 is 0 Å². The molecule has 180 valence electrons. The Morgan fingerprint density at radius 2 is 1.68 bits per heavy atom. The second kappa shape index (κ2) is 9.62. The van der Waals surface area contributed by atoms with E-state index in [2.05, 4.69) is 54.2 Å². The predicted molar refractivity (Wildman–Crippen MR) is 136 cm³/mol. The molecule has 2 aliphatic heterocycles. The number of piperazine rings is 1. The molecule has 0 bridgehead atoms. The van der Waals surface area contributed by atoms with Crippen molar-refractivity contribution < 1.29 is 0 Å². The lowest BCUT2D eigenvalue weighted by Crippen LogP contribution is -2.56. The fraction of sp³-hybridized carbons (Fsp3) is 0.500. The molecule has 1 aromatic heterocycles. The summed E-state index contributed by atoms with van der Waals surface area (Å²) in [6.07, 6.45) is 13.9. The fourth-order valence-electron chi connectivity index (χ4n) is 5.19. The maximum absolute atomic E-state index is 6.97. The first-order valence-corrected chi connectivity index (χ1v) is 12.4. The number of aromatic nitrogens is 2. The zero-order valence-electron chi connectivity index (χ0n) is 20.3. The molecule has 0 radical (unpaired) electrons. The number of rotatable bonds is 4. The van der Waals surface area contributed by atoms with Crippen LogP contribution in [0.15, 0.2) is 59.7 Å². The Hall–Kier alpha value is -3.13. The minimum absolute atomic E-state index is 0.682. The van der Waals surface area contributed by atoms with Gasteiger partial charge in [0.15, 0.2) is 5.66 Å². The molecule has 2 aromatic rings. The summed E-state index contributed by atoms with van der Waals surface area (Å²) < 4.78 is 0. The van der Waals surface area contributed by atoms with E-state index in [-0.39, 0.29) is 0 Å². The van der Waals surface area contributed by atoms with Gasteiger partial charge in [-0.25, -0.2) is 9.98 Å². The van der Waals surface area contributed by atoms with Gasteiger partial charge in [0.25, 0.3) is 0 Å². The molecule has 34 heavy (non-hydrogen) atoms. The maximum atomic E-state index is 6.97. The predicted octanol–water partition coefficient (Wildman–Crippen LogP) is 2.82. The third kappa shape index (κ3) is 4.73. The standard InChI is InChI=1S/C26H36N8/c1-32(2)23-18-26(27,22-10-8-21(9-11-22)20-6-4-3-5-7-20)31-25(30-23)34-16-14-33(15-17-34)24-19-28-12-13-29-24/h8-13,18-20H,3-7,14-17,27H2,1-2H3,(H,30,31). The van der Waals surface area contributed by atoms with E-state index < -0.39 is 5.66 Å². The van der Waals surface area contributed by atoms with Gasteiger partial charge in [-0.2, -0.15) is 0 Å². The Morgan fingerprint density at radius 1 is 0.971 bits per heavy atom. The molecule has 0 spiro atoms. The van der Waals surface area contributed by atoms with E-state index in [1.165, 1.54) is 37.7 Å². The Bertz CT molecular complexity index is 1020. The summed E-state index contributed by atoms with van der Waals surface area (Å²) in [4.78, 5) is 20.3. The fourth-order valence-corrected chi connectivity index (χ4v) is 5.19. The van der Waals surface area contributed by atoms with Gasteiger partial charge in [-0.15, -0.1) is 0 Å². The van der Waals surface area contributed by atoms with Crippen LogP contribution in [0.4, 0.5) is 5.82 Å². The Morgan fingerprint density at radius 3 is 2.32 bits per heavy atom. The van der Waals surface area contributed by atoms with Crippen LogP contribution in [0.25, 0.3) is 0 Å². The summed E-state index contributed by atoms with van der Waals surface area (Å²) in [6.45, 7) is 3.38.